The van der Waals surface area contributed by atoms with Crippen LogP contribution in [0, 0.1) is 0 Å². The molecule has 0 unspecified atom stereocenters. The van der Waals surface area contributed by atoms with E-state index in [1.807, 2.05) is 42.5 Å². The Balaban J connectivity index is 1.92. The number of nitrogens with two attached hydrogens (primary N) is 1. The van der Waals surface area contributed by atoms with Gasteiger partial charge < -0.3 is 20.5 Å². The first-order valence-electron chi connectivity index (χ1n) is 7.49. The molecule has 0 atom stereocenters. The summed E-state index contributed by atoms with van der Waals surface area (Å²) in [4.78, 5) is 4.37. The van der Waals surface area contributed by atoms with Crippen molar-refractivity contribution in [2.75, 3.05) is 26.1 Å². The molecule has 2 rings (SSSR count). The fraction of sp³-hybridized carbons (Fsp3) is 0.278. The lowest BCUT2D eigenvalue weighted by atomic mass is 10.1. The Morgan fingerprint density at radius 2 is 1.96 bits per heavy atom. The molecule has 0 aromatic heterocycles. The van der Waals surface area contributed by atoms with Crippen LogP contribution in [0.5, 0.6) is 5.75 Å². The van der Waals surface area contributed by atoms with Crippen molar-refractivity contribution in [2.24, 2.45) is 10.7 Å². The number of nitrogens with one attached hydrogen (secondary N) is 1. The number of hydrogen-bond acceptors (Lipinski definition) is 3. The molecule has 2 aromatic rings. The standard InChI is InChI=1S/C18H23N3O2/c1-22-13-15-7-3-4-9-17(15)21-18(19)20-11-10-14-6-5-8-16(12-14)23-2/h3-9,12H,10-11,13H2,1-2H3,(H3,19,20,21). The zero-order chi connectivity index (χ0) is 16.5. The summed E-state index contributed by atoms with van der Waals surface area (Å²) >= 11 is 0. The molecular weight excluding hydrogens is 290 g/mol. The van der Waals surface area contributed by atoms with Crippen molar-refractivity contribution in [2.45, 2.75) is 13.0 Å². The summed E-state index contributed by atoms with van der Waals surface area (Å²) in [5, 5.41) is 3.13. The monoisotopic (exact) mass is 313 g/mol. The third-order valence-electron chi connectivity index (χ3n) is 3.40. The van der Waals surface area contributed by atoms with E-state index >= 15 is 0 Å². The molecule has 0 aliphatic heterocycles. The van der Waals surface area contributed by atoms with E-state index in [-0.39, 0.29) is 0 Å². The summed E-state index contributed by atoms with van der Waals surface area (Å²) < 4.78 is 10.4. The smallest absolute Gasteiger partial charge is 0.193 e. The van der Waals surface area contributed by atoms with Crippen LogP contribution in [0.15, 0.2) is 53.5 Å². The van der Waals surface area contributed by atoms with Gasteiger partial charge in [0.25, 0.3) is 0 Å². The van der Waals surface area contributed by atoms with E-state index in [2.05, 4.69) is 16.4 Å². The molecule has 0 amide bonds. The zero-order valence-corrected chi connectivity index (χ0v) is 13.6. The van der Waals surface area contributed by atoms with Crippen molar-refractivity contribution < 1.29 is 9.47 Å². The second-order valence-electron chi connectivity index (χ2n) is 5.08. The summed E-state index contributed by atoms with van der Waals surface area (Å²) in [6, 6.07) is 15.8. The quantitative estimate of drug-likeness (QED) is 0.609. The van der Waals surface area contributed by atoms with Crippen LogP contribution in [0.25, 0.3) is 0 Å². The van der Waals surface area contributed by atoms with E-state index < -0.39 is 0 Å². The Morgan fingerprint density at radius 1 is 1.13 bits per heavy atom. The van der Waals surface area contributed by atoms with Gasteiger partial charge in [0, 0.05) is 24.9 Å². The average Bonchev–Trinajstić information content (AvgIpc) is 2.57. The van der Waals surface area contributed by atoms with Gasteiger partial charge in [0.05, 0.1) is 13.7 Å². The molecule has 23 heavy (non-hydrogen) atoms. The zero-order valence-electron chi connectivity index (χ0n) is 13.6. The molecule has 0 aliphatic carbocycles. The van der Waals surface area contributed by atoms with Gasteiger partial charge in [-0.25, -0.2) is 0 Å². The van der Waals surface area contributed by atoms with Crippen LogP contribution in [-0.4, -0.2) is 26.7 Å². The second-order valence-corrected chi connectivity index (χ2v) is 5.08. The molecule has 0 radical (unpaired) electrons. The van der Waals surface area contributed by atoms with Crippen molar-refractivity contribution in [1.29, 1.82) is 0 Å². The predicted octanol–water partition coefficient (Wildman–Crippen LogP) is 2.81. The van der Waals surface area contributed by atoms with Gasteiger partial charge in [-0.3, -0.25) is 4.99 Å². The summed E-state index contributed by atoms with van der Waals surface area (Å²) in [6.45, 7) is 1.14. The fourth-order valence-corrected chi connectivity index (χ4v) is 2.23. The Hall–Kier alpha value is -2.53. The van der Waals surface area contributed by atoms with Crippen LogP contribution in [-0.2, 0) is 17.8 Å². The highest BCUT2D eigenvalue weighted by molar-refractivity contribution is 5.92. The number of ether oxygens (including phenoxy) is 2. The van der Waals surface area contributed by atoms with E-state index in [1.165, 1.54) is 5.56 Å². The first-order valence-corrected chi connectivity index (χ1v) is 7.49. The molecule has 0 heterocycles. The van der Waals surface area contributed by atoms with Crippen molar-refractivity contribution in [3.63, 3.8) is 0 Å². The highest BCUT2D eigenvalue weighted by Gasteiger charge is 2.02. The van der Waals surface area contributed by atoms with Gasteiger partial charge in [-0.2, -0.15) is 0 Å². The summed E-state index contributed by atoms with van der Waals surface area (Å²) in [7, 11) is 3.33. The Kier molecular flexibility index (Phi) is 6.44. The number of benzene rings is 2. The highest BCUT2D eigenvalue weighted by Crippen LogP contribution is 2.15. The van der Waals surface area contributed by atoms with Crippen molar-refractivity contribution in [3.8, 4) is 5.75 Å². The Bertz CT molecular complexity index is 656. The molecule has 5 nitrogen and oxygen atoms in total. The lowest BCUT2D eigenvalue weighted by Crippen LogP contribution is -2.23. The first kappa shape index (κ1) is 16.8. The SMILES string of the molecule is COCc1ccccc1NC(N)=NCCc1cccc(OC)c1. The number of nitrogens with zero attached hydrogens (tertiary/aromatic N) is 1. The molecule has 0 bridgehead atoms. The van der Waals surface area contributed by atoms with Gasteiger partial charge >= 0.3 is 0 Å². The maximum atomic E-state index is 5.96. The molecule has 3 N–H and O–H groups in total. The van der Waals surface area contributed by atoms with Crippen molar-refractivity contribution in [3.05, 3.63) is 59.7 Å². The van der Waals surface area contributed by atoms with E-state index in [0.717, 1.165) is 23.4 Å². The van der Waals surface area contributed by atoms with Gasteiger partial charge in [-0.1, -0.05) is 30.3 Å². The van der Waals surface area contributed by atoms with Crippen molar-refractivity contribution in [1.82, 2.24) is 0 Å². The van der Waals surface area contributed by atoms with Crippen molar-refractivity contribution >= 4 is 11.6 Å². The maximum Gasteiger partial charge on any atom is 0.193 e. The average molecular weight is 313 g/mol. The van der Waals surface area contributed by atoms with E-state index in [1.54, 1.807) is 14.2 Å². The highest BCUT2D eigenvalue weighted by atomic mass is 16.5. The Labute approximate surface area is 137 Å². The number of para-hydroxylation sites is 1. The topological polar surface area (TPSA) is 68.9 Å². The Morgan fingerprint density at radius 3 is 2.74 bits per heavy atom. The van der Waals surface area contributed by atoms with Gasteiger partial charge in [0.15, 0.2) is 5.96 Å². The number of guanidine groups is 1. The van der Waals surface area contributed by atoms with Gasteiger partial charge in [0.2, 0.25) is 0 Å². The van der Waals surface area contributed by atoms with E-state index in [9.17, 15) is 0 Å². The van der Waals surface area contributed by atoms with E-state index in [4.69, 9.17) is 15.2 Å². The molecule has 122 valence electrons. The largest absolute Gasteiger partial charge is 0.497 e. The number of methoxy groups -OCH3 is 2. The third kappa shape index (κ3) is 5.30. The molecule has 0 saturated carbocycles. The van der Waals surface area contributed by atoms with Crippen LogP contribution < -0.4 is 15.8 Å². The minimum Gasteiger partial charge on any atom is -0.497 e. The lowest BCUT2D eigenvalue weighted by Gasteiger charge is -2.11. The van der Waals surface area contributed by atoms with Crippen LogP contribution in [0.4, 0.5) is 5.69 Å². The number of anilines is 1. The molecule has 0 saturated heterocycles. The minimum atomic E-state index is 0.399. The minimum absolute atomic E-state index is 0.399. The maximum absolute atomic E-state index is 5.96. The predicted molar refractivity (Wildman–Crippen MR) is 94.0 cm³/mol. The van der Waals surface area contributed by atoms with Crippen LogP contribution in [0.3, 0.4) is 0 Å². The van der Waals surface area contributed by atoms with Gasteiger partial charge in [-0.05, 0) is 30.2 Å². The second kappa shape index (κ2) is 8.80. The molecule has 0 spiro atoms. The lowest BCUT2D eigenvalue weighted by molar-refractivity contribution is 0.185. The van der Waals surface area contributed by atoms with Gasteiger partial charge in [0.1, 0.15) is 5.75 Å². The summed E-state index contributed by atoms with van der Waals surface area (Å²) in [6.07, 6.45) is 0.805. The number of hydrogen-bond donors (Lipinski definition) is 2. The molecule has 5 heteroatoms. The summed E-state index contributed by atoms with van der Waals surface area (Å²) in [5.41, 5.74) is 9.09. The molecule has 0 fully saturated rings. The molecule has 0 aliphatic rings. The van der Waals surface area contributed by atoms with E-state index in [0.29, 0.717) is 19.1 Å². The van der Waals surface area contributed by atoms with Crippen LogP contribution >= 0.6 is 0 Å². The van der Waals surface area contributed by atoms with Crippen LogP contribution in [0.1, 0.15) is 11.1 Å². The molecule has 2 aromatic carbocycles. The van der Waals surface area contributed by atoms with Crippen LogP contribution in [0.2, 0.25) is 0 Å². The third-order valence-corrected chi connectivity index (χ3v) is 3.40. The normalized spacial score (nSPS) is 11.3. The van der Waals surface area contributed by atoms with Gasteiger partial charge in [-0.15, -0.1) is 0 Å². The summed E-state index contributed by atoms with van der Waals surface area (Å²) in [5.74, 6) is 1.25. The first-order chi connectivity index (χ1) is 11.2. The fourth-order valence-electron chi connectivity index (χ4n) is 2.23. The number of aliphatic imine (C=N–C) groups is 1. The molecular formula is C18H23N3O2. The number of rotatable bonds is 7.